The lowest BCUT2D eigenvalue weighted by Crippen LogP contribution is -2.31. The average molecular weight is 279 g/mol. The third kappa shape index (κ3) is 5.07. The van der Waals surface area contributed by atoms with Crippen molar-refractivity contribution >= 4 is 17.8 Å². The molecule has 1 saturated heterocycles. The molecule has 0 radical (unpaired) electrons. The largest absolute Gasteiger partial charge is 0.392 e. The summed E-state index contributed by atoms with van der Waals surface area (Å²) in [4.78, 5) is 31.4. The quantitative estimate of drug-likeness (QED) is 0.553. The Labute approximate surface area is 116 Å². The number of urea groups is 1. The molecule has 0 bridgehead atoms. The van der Waals surface area contributed by atoms with Gasteiger partial charge < -0.3 is 16.2 Å². The lowest BCUT2D eigenvalue weighted by molar-refractivity contribution is -0.120. The lowest BCUT2D eigenvalue weighted by atomic mass is 10.0. The van der Waals surface area contributed by atoms with E-state index in [4.69, 9.17) is 5.11 Å². The number of benzene rings is 1. The molecule has 1 fully saturated rings. The van der Waals surface area contributed by atoms with Gasteiger partial charge in [0.2, 0.25) is 5.91 Å². The maximum atomic E-state index is 11.3. The molecule has 20 heavy (non-hydrogen) atoms. The smallest absolute Gasteiger partial charge is 0.322 e. The van der Waals surface area contributed by atoms with E-state index in [2.05, 4.69) is 16.4 Å². The van der Waals surface area contributed by atoms with E-state index in [0.717, 1.165) is 11.1 Å². The zero-order valence-corrected chi connectivity index (χ0v) is 11.1. The standard InChI is InChI=1S/C11H12N2O3.C2H5NO/c14-6-8-3-1-2-7(4-8)5-9-10(15)13-11(16)12-9;1-2(3)4/h1-4,9,14H,5-6H2,(H2,12,13,15,16);1H3,(H2,3,4). The third-order valence-electron chi connectivity index (χ3n) is 2.47. The molecule has 1 heterocycles. The van der Waals surface area contributed by atoms with Gasteiger partial charge in [-0.3, -0.25) is 14.9 Å². The van der Waals surface area contributed by atoms with E-state index in [9.17, 15) is 14.4 Å². The van der Waals surface area contributed by atoms with Crippen molar-refractivity contribution in [3.05, 3.63) is 35.4 Å². The van der Waals surface area contributed by atoms with Crippen LogP contribution in [0.3, 0.4) is 0 Å². The molecule has 0 aliphatic carbocycles. The van der Waals surface area contributed by atoms with Crippen LogP contribution in [-0.4, -0.2) is 29.0 Å². The third-order valence-corrected chi connectivity index (χ3v) is 2.47. The Hall–Kier alpha value is -2.41. The van der Waals surface area contributed by atoms with Crippen LogP contribution in [0.25, 0.3) is 0 Å². The Bertz CT molecular complexity index is 512. The second-order valence-corrected chi connectivity index (χ2v) is 4.31. The van der Waals surface area contributed by atoms with Crippen LogP contribution in [0.15, 0.2) is 24.3 Å². The summed E-state index contributed by atoms with van der Waals surface area (Å²) in [5.41, 5.74) is 6.18. The van der Waals surface area contributed by atoms with Gasteiger partial charge in [-0.05, 0) is 11.1 Å². The minimum atomic E-state index is -0.513. The van der Waals surface area contributed by atoms with E-state index in [-0.39, 0.29) is 18.4 Å². The molecule has 108 valence electrons. The number of hydrogen-bond acceptors (Lipinski definition) is 4. The Morgan fingerprint density at radius 3 is 2.45 bits per heavy atom. The summed E-state index contributed by atoms with van der Waals surface area (Å²) in [5.74, 6) is -0.639. The first kappa shape index (κ1) is 15.6. The van der Waals surface area contributed by atoms with Crippen LogP contribution in [0, 0.1) is 0 Å². The van der Waals surface area contributed by atoms with Crippen LogP contribution in [0.1, 0.15) is 18.1 Å². The highest BCUT2D eigenvalue weighted by atomic mass is 16.3. The first-order valence-electron chi connectivity index (χ1n) is 5.98. The van der Waals surface area contributed by atoms with Crippen molar-refractivity contribution in [3.8, 4) is 0 Å². The topological polar surface area (TPSA) is 122 Å². The van der Waals surface area contributed by atoms with Crippen molar-refractivity contribution in [2.45, 2.75) is 26.0 Å². The van der Waals surface area contributed by atoms with Crippen molar-refractivity contribution in [3.63, 3.8) is 0 Å². The highest BCUT2D eigenvalue weighted by Crippen LogP contribution is 2.09. The van der Waals surface area contributed by atoms with Crippen LogP contribution in [0.2, 0.25) is 0 Å². The zero-order chi connectivity index (χ0) is 15.1. The van der Waals surface area contributed by atoms with Gasteiger partial charge >= 0.3 is 6.03 Å². The molecule has 2 rings (SSSR count). The summed E-state index contributed by atoms with van der Waals surface area (Å²) in [6.07, 6.45) is 0.436. The summed E-state index contributed by atoms with van der Waals surface area (Å²) < 4.78 is 0. The molecule has 1 aliphatic rings. The van der Waals surface area contributed by atoms with E-state index >= 15 is 0 Å². The number of amides is 4. The van der Waals surface area contributed by atoms with Crippen LogP contribution in [0.4, 0.5) is 4.79 Å². The molecule has 7 nitrogen and oxygen atoms in total. The Morgan fingerprint density at radius 2 is 1.95 bits per heavy atom. The highest BCUT2D eigenvalue weighted by Gasteiger charge is 2.29. The maximum absolute atomic E-state index is 11.3. The molecular formula is C13H17N3O4. The number of carbonyl (C=O) groups is 3. The number of nitrogens with one attached hydrogen (secondary N) is 2. The molecule has 1 unspecified atom stereocenters. The molecule has 0 aromatic heterocycles. The summed E-state index contributed by atoms with van der Waals surface area (Å²) in [6, 6.07) is 6.33. The normalized spacial score (nSPS) is 16.8. The molecule has 1 atom stereocenters. The van der Waals surface area contributed by atoms with E-state index < -0.39 is 12.1 Å². The molecule has 7 heteroatoms. The number of aliphatic hydroxyl groups excluding tert-OH is 1. The molecular weight excluding hydrogens is 262 g/mol. The van der Waals surface area contributed by atoms with Gasteiger partial charge in [0.15, 0.2) is 0 Å². The Morgan fingerprint density at radius 1 is 1.35 bits per heavy atom. The molecule has 4 amide bonds. The van der Waals surface area contributed by atoms with Crippen LogP contribution < -0.4 is 16.4 Å². The minimum Gasteiger partial charge on any atom is -0.392 e. The molecule has 1 aliphatic heterocycles. The van der Waals surface area contributed by atoms with Crippen molar-refractivity contribution in [1.82, 2.24) is 10.6 Å². The summed E-state index contributed by atoms with van der Waals surface area (Å²) >= 11 is 0. The first-order chi connectivity index (χ1) is 9.42. The van der Waals surface area contributed by atoms with Gasteiger partial charge in [0.1, 0.15) is 6.04 Å². The fraction of sp³-hybridized carbons (Fsp3) is 0.308. The highest BCUT2D eigenvalue weighted by molar-refractivity contribution is 6.04. The van der Waals surface area contributed by atoms with E-state index in [0.29, 0.717) is 6.42 Å². The first-order valence-corrected chi connectivity index (χ1v) is 5.98. The number of primary amides is 1. The average Bonchev–Trinajstić information content (AvgIpc) is 2.67. The van der Waals surface area contributed by atoms with Gasteiger partial charge in [0.25, 0.3) is 5.91 Å². The number of imide groups is 1. The number of hydrogen-bond donors (Lipinski definition) is 4. The van der Waals surface area contributed by atoms with Gasteiger partial charge in [-0.1, -0.05) is 24.3 Å². The second-order valence-electron chi connectivity index (χ2n) is 4.31. The molecule has 0 saturated carbocycles. The molecule has 5 N–H and O–H groups in total. The van der Waals surface area contributed by atoms with Crippen molar-refractivity contribution < 1.29 is 19.5 Å². The maximum Gasteiger partial charge on any atom is 0.322 e. The van der Waals surface area contributed by atoms with Crippen LogP contribution >= 0.6 is 0 Å². The van der Waals surface area contributed by atoms with Crippen molar-refractivity contribution in [2.24, 2.45) is 5.73 Å². The minimum absolute atomic E-state index is 0.0307. The van der Waals surface area contributed by atoms with E-state index in [1.165, 1.54) is 6.92 Å². The zero-order valence-electron chi connectivity index (χ0n) is 11.1. The predicted octanol–water partition coefficient (Wildman–Crippen LogP) is -0.579. The van der Waals surface area contributed by atoms with Crippen LogP contribution in [-0.2, 0) is 22.6 Å². The predicted molar refractivity (Wildman–Crippen MR) is 71.4 cm³/mol. The molecule has 1 aromatic rings. The second kappa shape index (κ2) is 7.25. The fourth-order valence-electron chi connectivity index (χ4n) is 1.69. The van der Waals surface area contributed by atoms with Crippen molar-refractivity contribution in [2.75, 3.05) is 0 Å². The summed E-state index contributed by atoms with van der Waals surface area (Å²) in [5, 5.41) is 13.7. The van der Waals surface area contributed by atoms with Gasteiger partial charge in [-0.25, -0.2) is 4.79 Å². The number of carbonyl (C=O) groups excluding carboxylic acids is 3. The monoisotopic (exact) mass is 279 g/mol. The van der Waals surface area contributed by atoms with Gasteiger partial charge in [-0.15, -0.1) is 0 Å². The van der Waals surface area contributed by atoms with E-state index in [1.54, 1.807) is 6.07 Å². The van der Waals surface area contributed by atoms with E-state index in [1.807, 2.05) is 18.2 Å². The number of nitrogens with two attached hydrogens (primary N) is 1. The van der Waals surface area contributed by atoms with Crippen LogP contribution in [0.5, 0.6) is 0 Å². The van der Waals surface area contributed by atoms with Gasteiger partial charge in [0.05, 0.1) is 6.61 Å². The van der Waals surface area contributed by atoms with Gasteiger partial charge in [0, 0.05) is 13.3 Å². The fourth-order valence-corrected chi connectivity index (χ4v) is 1.69. The molecule has 0 spiro atoms. The summed E-state index contributed by atoms with van der Waals surface area (Å²) in [6.45, 7) is 1.27. The molecule has 1 aromatic carbocycles. The Kier molecular flexibility index (Phi) is 5.67. The Balaban J connectivity index is 0.000000444. The SMILES string of the molecule is CC(N)=O.O=C1NC(=O)C(Cc2cccc(CO)c2)N1. The number of aliphatic hydroxyl groups is 1. The lowest BCUT2D eigenvalue weighted by Gasteiger charge is -2.07. The van der Waals surface area contributed by atoms with Crippen molar-refractivity contribution in [1.29, 1.82) is 0 Å². The number of rotatable bonds is 3. The summed E-state index contributed by atoms with van der Waals surface area (Å²) in [7, 11) is 0. The van der Waals surface area contributed by atoms with Gasteiger partial charge in [-0.2, -0.15) is 0 Å².